The molecular formula is C20H27N3O2. The summed E-state index contributed by atoms with van der Waals surface area (Å²) in [5.41, 5.74) is 2.23. The number of nitrogens with one attached hydrogen (secondary N) is 2. The molecule has 5 heteroatoms. The van der Waals surface area contributed by atoms with Crippen LogP contribution in [0.4, 0.5) is 0 Å². The molecule has 1 unspecified atom stereocenters. The molecule has 2 rings (SSSR count). The number of aliphatic imine (C=N–C) groups is 1. The fourth-order valence-electron chi connectivity index (χ4n) is 2.48. The largest absolute Gasteiger partial charge is 0.497 e. The van der Waals surface area contributed by atoms with E-state index >= 15 is 0 Å². The third-order valence-electron chi connectivity index (χ3n) is 3.93. The molecular weight excluding hydrogens is 314 g/mol. The highest BCUT2D eigenvalue weighted by Gasteiger charge is 2.10. The Bertz CT molecular complexity index is 642. The monoisotopic (exact) mass is 341 g/mol. The smallest absolute Gasteiger partial charge is 0.191 e. The Morgan fingerprint density at radius 2 is 1.80 bits per heavy atom. The minimum absolute atomic E-state index is 0.0334. The van der Waals surface area contributed by atoms with Crippen molar-refractivity contribution in [2.24, 2.45) is 4.99 Å². The third-order valence-corrected chi connectivity index (χ3v) is 3.93. The van der Waals surface area contributed by atoms with Gasteiger partial charge in [-0.15, -0.1) is 0 Å². The first-order valence-electron chi connectivity index (χ1n) is 8.57. The summed E-state index contributed by atoms with van der Waals surface area (Å²) in [5, 5.41) is 16.2. The van der Waals surface area contributed by atoms with Gasteiger partial charge in [0.05, 0.1) is 20.3 Å². The first kappa shape index (κ1) is 18.8. The molecule has 0 spiro atoms. The number of hydrogen-bond donors (Lipinski definition) is 3. The Labute approximate surface area is 149 Å². The zero-order chi connectivity index (χ0) is 17.9. The van der Waals surface area contributed by atoms with Crippen molar-refractivity contribution in [3.8, 4) is 5.75 Å². The molecule has 0 aliphatic rings. The minimum Gasteiger partial charge on any atom is -0.497 e. The molecule has 1 atom stereocenters. The van der Waals surface area contributed by atoms with Gasteiger partial charge in [0.15, 0.2) is 5.96 Å². The summed E-state index contributed by atoms with van der Waals surface area (Å²) in [5.74, 6) is 1.62. The van der Waals surface area contributed by atoms with Crippen molar-refractivity contribution in [2.75, 3.05) is 26.8 Å². The zero-order valence-corrected chi connectivity index (χ0v) is 14.9. The van der Waals surface area contributed by atoms with Gasteiger partial charge in [0, 0.05) is 19.0 Å². The van der Waals surface area contributed by atoms with Crippen LogP contribution in [-0.4, -0.2) is 37.9 Å². The van der Waals surface area contributed by atoms with Gasteiger partial charge < -0.3 is 20.5 Å². The van der Waals surface area contributed by atoms with Gasteiger partial charge in [-0.2, -0.15) is 0 Å². The fourth-order valence-corrected chi connectivity index (χ4v) is 2.48. The van der Waals surface area contributed by atoms with E-state index in [1.54, 1.807) is 7.11 Å². The van der Waals surface area contributed by atoms with E-state index in [-0.39, 0.29) is 12.5 Å². The molecule has 134 valence electrons. The van der Waals surface area contributed by atoms with E-state index in [1.807, 2.05) is 61.5 Å². The van der Waals surface area contributed by atoms with Gasteiger partial charge in [0.1, 0.15) is 5.75 Å². The molecule has 25 heavy (non-hydrogen) atoms. The lowest BCUT2D eigenvalue weighted by Crippen LogP contribution is -2.39. The molecule has 0 aromatic heterocycles. The predicted octanol–water partition coefficient (Wildman–Crippen LogP) is 2.53. The molecule has 0 aliphatic heterocycles. The van der Waals surface area contributed by atoms with Crippen LogP contribution in [0.25, 0.3) is 0 Å². The summed E-state index contributed by atoms with van der Waals surface area (Å²) in [6.07, 6.45) is 0. The lowest BCUT2D eigenvalue weighted by atomic mass is 10.0. The molecule has 5 nitrogen and oxygen atoms in total. The molecule has 3 N–H and O–H groups in total. The topological polar surface area (TPSA) is 65.9 Å². The van der Waals surface area contributed by atoms with Crippen LogP contribution in [0.1, 0.15) is 24.0 Å². The molecule has 0 fully saturated rings. The Balaban J connectivity index is 1.96. The normalized spacial score (nSPS) is 12.5. The standard InChI is InChI=1S/C20H27N3O2/c1-3-21-20(22-13-16-9-11-19(25-2)12-10-16)23-14-18(15-24)17-7-5-4-6-8-17/h4-12,18,24H,3,13-15H2,1-2H3,(H2,21,22,23). The number of methoxy groups -OCH3 is 1. The molecule has 0 aliphatic carbocycles. The highest BCUT2D eigenvalue weighted by atomic mass is 16.5. The van der Waals surface area contributed by atoms with Crippen molar-refractivity contribution in [3.05, 3.63) is 65.7 Å². The van der Waals surface area contributed by atoms with Crippen molar-refractivity contribution >= 4 is 5.96 Å². The third kappa shape index (κ3) is 6.12. The minimum atomic E-state index is 0.0334. The molecule has 0 heterocycles. The van der Waals surface area contributed by atoms with Gasteiger partial charge in [-0.25, -0.2) is 4.99 Å². The Morgan fingerprint density at radius 3 is 2.40 bits per heavy atom. The van der Waals surface area contributed by atoms with Crippen molar-refractivity contribution < 1.29 is 9.84 Å². The number of rotatable bonds is 8. The average Bonchev–Trinajstić information content (AvgIpc) is 2.67. The Hall–Kier alpha value is -2.53. The average molecular weight is 341 g/mol. The van der Waals surface area contributed by atoms with Gasteiger partial charge in [0.25, 0.3) is 0 Å². The SMILES string of the molecule is CCNC(=NCc1ccc(OC)cc1)NCC(CO)c1ccccc1. The van der Waals surface area contributed by atoms with Crippen LogP contribution in [0.15, 0.2) is 59.6 Å². The van der Waals surface area contributed by atoms with Crippen LogP contribution in [0.5, 0.6) is 5.75 Å². The maximum absolute atomic E-state index is 9.67. The number of benzene rings is 2. The Kier molecular flexibility index (Phi) is 7.79. The second-order valence-electron chi connectivity index (χ2n) is 5.71. The second kappa shape index (κ2) is 10.4. The summed E-state index contributed by atoms with van der Waals surface area (Å²) >= 11 is 0. The number of aliphatic hydroxyl groups excluding tert-OH is 1. The number of ether oxygens (including phenoxy) is 1. The molecule has 0 bridgehead atoms. The van der Waals surface area contributed by atoms with E-state index in [0.717, 1.165) is 29.4 Å². The summed E-state index contributed by atoms with van der Waals surface area (Å²) in [6.45, 7) is 4.10. The van der Waals surface area contributed by atoms with Crippen LogP contribution in [-0.2, 0) is 6.54 Å². The van der Waals surface area contributed by atoms with E-state index in [2.05, 4.69) is 15.6 Å². The van der Waals surface area contributed by atoms with Gasteiger partial charge in [-0.05, 0) is 30.2 Å². The van der Waals surface area contributed by atoms with Gasteiger partial charge in [0.2, 0.25) is 0 Å². The summed E-state index contributed by atoms with van der Waals surface area (Å²) in [7, 11) is 1.66. The number of nitrogens with zero attached hydrogens (tertiary/aromatic N) is 1. The highest BCUT2D eigenvalue weighted by Crippen LogP contribution is 2.14. The molecule has 0 radical (unpaired) electrons. The lowest BCUT2D eigenvalue weighted by Gasteiger charge is -2.18. The van der Waals surface area contributed by atoms with Crippen LogP contribution < -0.4 is 15.4 Å². The molecule has 0 saturated carbocycles. The van der Waals surface area contributed by atoms with Crippen molar-refractivity contribution in [1.29, 1.82) is 0 Å². The highest BCUT2D eigenvalue weighted by molar-refractivity contribution is 5.79. The maximum Gasteiger partial charge on any atom is 0.191 e. The number of aliphatic hydroxyl groups is 1. The molecule has 0 amide bonds. The summed E-state index contributed by atoms with van der Waals surface area (Å²) in [4.78, 5) is 4.61. The van der Waals surface area contributed by atoms with Gasteiger partial charge in [-0.1, -0.05) is 42.5 Å². The van der Waals surface area contributed by atoms with Crippen LogP contribution in [0.3, 0.4) is 0 Å². The molecule has 0 saturated heterocycles. The first-order chi connectivity index (χ1) is 12.3. The Morgan fingerprint density at radius 1 is 1.08 bits per heavy atom. The number of guanidine groups is 1. The van der Waals surface area contributed by atoms with Crippen molar-refractivity contribution in [2.45, 2.75) is 19.4 Å². The van der Waals surface area contributed by atoms with Gasteiger partial charge in [-0.3, -0.25) is 0 Å². The first-order valence-corrected chi connectivity index (χ1v) is 8.57. The zero-order valence-electron chi connectivity index (χ0n) is 14.9. The quantitative estimate of drug-likeness (QED) is 0.510. The lowest BCUT2D eigenvalue weighted by molar-refractivity contribution is 0.265. The fraction of sp³-hybridized carbons (Fsp3) is 0.350. The maximum atomic E-state index is 9.67. The van der Waals surface area contributed by atoms with Crippen molar-refractivity contribution in [3.63, 3.8) is 0 Å². The van der Waals surface area contributed by atoms with Gasteiger partial charge >= 0.3 is 0 Å². The second-order valence-corrected chi connectivity index (χ2v) is 5.71. The van der Waals surface area contributed by atoms with E-state index in [0.29, 0.717) is 13.1 Å². The molecule has 2 aromatic rings. The van der Waals surface area contributed by atoms with E-state index in [9.17, 15) is 5.11 Å². The van der Waals surface area contributed by atoms with Crippen LogP contribution >= 0.6 is 0 Å². The van der Waals surface area contributed by atoms with E-state index in [4.69, 9.17) is 4.74 Å². The predicted molar refractivity (Wildman–Crippen MR) is 102 cm³/mol. The van der Waals surface area contributed by atoms with Crippen LogP contribution in [0.2, 0.25) is 0 Å². The summed E-state index contributed by atoms with van der Waals surface area (Å²) < 4.78 is 5.17. The van der Waals surface area contributed by atoms with E-state index < -0.39 is 0 Å². The molecule has 2 aromatic carbocycles. The number of hydrogen-bond acceptors (Lipinski definition) is 3. The van der Waals surface area contributed by atoms with E-state index in [1.165, 1.54) is 0 Å². The van der Waals surface area contributed by atoms with Crippen molar-refractivity contribution in [1.82, 2.24) is 10.6 Å². The summed E-state index contributed by atoms with van der Waals surface area (Å²) in [6, 6.07) is 17.9. The van der Waals surface area contributed by atoms with Crippen LogP contribution in [0, 0.1) is 0 Å².